The number of likely N-dealkylation sites (tertiary alicyclic amines) is 1. The van der Waals surface area contributed by atoms with Crippen molar-refractivity contribution >= 4 is 40.4 Å². The molecule has 5 heterocycles. The molecule has 1 unspecified atom stereocenters. The summed E-state index contributed by atoms with van der Waals surface area (Å²) >= 11 is 4.30. The van der Waals surface area contributed by atoms with Crippen LogP contribution in [0.3, 0.4) is 0 Å². The summed E-state index contributed by atoms with van der Waals surface area (Å²) in [5.41, 5.74) is 0.957. The maximum absolute atomic E-state index is 13.1. The minimum Gasteiger partial charge on any atom is -0.450 e. The van der Waals surface area contributed by atoms with Crippen LogP contribution in [0.15, 0.2) is 27.4 Å². The summed E-state index contributed by atoms with van der Waals surface area (Å²) in [6.07, 6.45) is 7.54. The van der Waals surface area contributed by atoms with Crippen LogP contribution in [0.1, 0.15) is 56.9 Å². The van der Waals surface area contributed by atoms with Gasteiger partial charge in [-0.1, -0.05) is 19.3 Å². The van der Waals surface area contributed by atoms with E-state index < -0.39 is 17.7 Å². The predicted octanol–water partition coefficient (Wildman–Crippen LogP) is 5.08. The van der Waals surface area contributed by atoms with Crippen LogP contribution in [0.5, 0.6) is 11.5 Å². The summed E-state index contributed by atoms with van der Waals surface area (Å²) in [6, 6.07) is 4.92. The van der Waals surface area contributed by atoms with E-state index in [0.29, 0.717) is 47.1 Å². The molecule has 0 radical (unpaired) electrons. The quantitative estimate of drug-likeness (QED) is 0.457. The zero-order valence-corrected chi connectivity index (χ0v) is 24.0. The Labute approximate surface area is 236 Å². The maximum atomic E-state index is 13.1. The number of aryl methyl sites for hydroxylation is 1. The highest BCUT2D eigenvalue weighted by Crippen LogP contribution is 2.56. The first kappa shape index (κ1) is 26.0. The van der Waals surface area contributed by atoms with Gasteiger partial charge in [0.2, 0.25) is 12.2 Å². The standard InChI is InChI=1S/C29H35NO7S2/c1-19-11-25(32)35-21-13-23-22(12-20(19)21)36-26(37-23)14-24(31)30-9-7-28(8-10-30)33-15-27(16-34-28)17-38-29(39-18-27)5-3-2-4-6-29/h11-13,26H,2-10,14-18H2,1H3. The van der Waals surface area contributed by atoms with Gasteiger partial charge in [-0.2, -0.15) is 0 Å². The molecule has 0 bridgehead atoms. The number of rotatable bonds is 2. The van der Waals surface area contributed by atoms with Crippen LogP contribution < -0.4 is 15.1 Å². The van der Waals surface area contributed by atoms with Gasteiger partial charge in [0.25, 0.3) is 0 Å². The molecule has 1 amide bonds. The van der Waals surface area contributed by atoms with Crippen LogP contribution in [-0.2, 0) is 14.3 Å². The Hall–Kier alpha value is -1.88. The molecular weight excluding hydrogens is 538 g/mol. The van der Waals surface area contributed by atoms with Crippen molar-refractivity contribution < 1.29 is 28.2 Å². The molecule has 7 rings (SSSR count). The van der Waals surface area contributed by atoms with Crippen LogP contribution in [0, 0.1) is 12.3 Å². The second kappa shape index (κ2) is 9.89. The lowest BCUT2D eigenvalue weighted by molar-refractivity contribution is -0.310. The zero-order valence-electron chi connectivity index (χ0n) is 22.3. The molecule has 1 atom stereocenters. The molecule has 2 aromatic rings. The number of hydrogen-bond donors (Lipinski definition) is 0. The molecule has 1 aromatic heterocycles. The lowest BCUT2D eigenvalue weighted by Gasteiger charge is -2.53. The van der Waals surface area contributed by atoms with Crippen molar-refractivity contribution in [1.29, 1.82) is 0 Å². The Bertz CT molecular complexity index is 1310. The monoisotopic (exact) mass is 573 g/mol. The highest BCUT2D eigenvalue weighted by molar-refractivity contribution is 8.18. The number of fused-ring (bicyclic) bond motifs is 2. The van der Waals surface area contributed by atoms with Crippen LogP contribution in [0.4, 0.5) is 0 Å². The maximum Gasteiger partial charge on any atom is 0.336 e. The highest BCUT2D eigenvalue weighted by Gasteiger charge is 2.51. The van der Waals surface area contributed by atoms with Crippen molar-refractivity contribution in [1.82, 2.24) is 4.90 Å². The van der Waals surface area contributed by atoms with Crippen molar-refractivity contribution in [3.8, 4) is 11.5 Å². The molecule has 1 aromatic carbocycles. The molecule has 39 heavy (non-hydrogen) atoms. The molecule has 1 saturated carbocycles. The zero-order chi connectivity index (χ0) is 26.7. The average molecular weight is 574 g/mol. The van der Waals surface area contributed by atoms with Gasteiger partial charge in [-0.3, -0.25) is 4.79 Å². The molecule has 4 fully saturated rings. The molecule has 210 valence electrons. The average Bonchev–Trinajstić information content (AvgIpc) is 3.33. The smallest absolute Gasteiger partial charge is 0.336 e. The number of carbonyl (C=O) groups excluding carboxylic acids is 1. The Morgan fingerprint density at radius 3 is 2.31 bits per heavy atom. The fourth-order valence-electron chi connectivity index (χ4n) is 6.41. The van der Waals surface area contributed by atoms with Gasteiger partial charge in [-0.15, -0.1) is 23.5 Å². The SMILES string of the molecule is Cc1cc(=O)oc2cc3c(cc12)OC(CC(=O)N1CCC2(CC1)OCC1(CO2)CSC2(CCCCC2)SC1)O3. The molecule has 1 aliphatic carbocycles. The van der Waals surface area contributed by atoms with Gasteiger partial charge in [0.1, 0.15) is 12.0 Å². The summed E-state index contributed by atoms with van der Waals surface area (Å²) in [7, 11) is 0. The molecule has 4 aliphatic heterocycles. The second-order valence-corrected chi connectivity index (χ2v) is 14.8. The van der Waals surface area contributed by atoms with E-state index in [9.17, 15) is 9.59 Å². The van der Waals surface area contributed by atoms with Crippen molar-refractivity contribution in [2.24, 2.45) is 5.41 Å². The van der Waals surface area contributed by atoms with Gasteiger partial charge in [0, 0.05) is 60.4 Å². The lowest BCUT2D eigenvalue weighted by Crippen LogP contribution is -2.58. The molecule has 3 spiro atoms. The Balaban J connectivity index is 0.910. The van der Waals surface area contributed by atoms with Crippen LogP contribution in [0.2, 0.25) is 0 Å². The van der Waals surface area contributed by atoms with Gasteiger partial charge in [0.05, 0.1) is 17.3 Å². The Kier molecular flexibility index (Phi) is 6.60. The third-order valence-corrected chi connectivity index (χ3v) is 13.0. The van der Waals surface area contributed by atoms with Gasteiger partial charge in [-0.05, 0) is 31.4 Å². The van der Waals surface area contributed by atoms with Crippen molar-refractivity contribution in [3.63, 3.8) is 0 Å². The molecule has 0 N–H and O–H groups in total. The lowest BCUT2D eigenvalue weighted by atomic mass is 9.91. The normalized spacial score (nSPS) is 26.9. The highest BCUT2D eigenvalue weighted by atomic mass is 32.2. The number of thioether (sulfide) groups is 2. The number of nitrogens with zero attached hydrogens (tertiary/aromatic N) is 1. The first-order valence-corrected chi connectivity index (χ1v) is 16.1. The van der Waals surface area contributed by atoms with E-state index in [1.165, 1.54) is 38.2 Å². The van der Waals surface area contributed by atoms with Gasteiger partial charge in [-0.25, -0.2) is 4.79 Å². The van der Waals surface area contributed by atoms with E-state index in [4.69, 9.17) is 23.4 Å². The Morgan fingerprint density at radius 1 is 0.949 bits per heavy atom. The molecule has 5 aliphatic rings. The molecule has 3 saturated heterocycles. The summed E-state index contributed by atoms with van der Waals surface area (Å²) in [6.45, 7) is 4.52. The molecule has 8 nitrogen and oxygen atoms in total. The van der Waals surface area contributed by atoms with E-state index in [1.807, 2.05) is 11.8 Å². The minimum absolute atomic E-state index is 0.0138. The van der Waals surface area contributed by atoms with Gasteiger partial charge in [0.15, 0.2) is 17.3 Å². The van der Waals surface area contributed by atoms with E-state index in [0.717, 1.165) is 35.7 Å². The van der Waals surface area contributed by atoms with E-state index in [1.54, 1.807) is 12.1 Å². The third-order valence-electron chi connectivity index (χ3n) is 8.93. The van der Waals surface area contributed by atoms with E-state index in [-0.39, 0.29) is 17.7 Å². The fourth-order valence-corrected chi connectivity index (χ4v) is 10.1. The summed E-state index contributed by atoms with van der Waals surface area (Å²) in [5.74, 6) is 2.69. The van der Waals surface area contributed by atoms with Crippen molar-refractivity contribution in [3.05, 3.63) is 34.2 Å². The van der Waals surface area contributed by atoms with Gasteiger partial charge >= 0.3 is 5.63 Å². The molecular formula is C29H35NO7S2. The summed E-state index contributed by atoms with van der Waals surface area (Å²) in [5, 5.41) is 0.790. The second-order valence-electron chi connectivity index (χ2n) is 11.8. The minimum atomic E-state index is -0.706. The number of piperidine rings is 1. The number of ether oxygens (including phenoxy) is 4. The first-order chi connectivity index (χ1) is 18.8. The van der Waals surface area contributed by atoms with Gasteiger partial charge < -0.3 is 28.3 Å². The largest absolute Gasteiger partial charge is 0.450 e. The summed E-state index contributed by atoms with van der Waals surface area (Å²) in [4.78, 5) is 26.7. The first-order valence-electron chi connectivity index (χ1n) is 14.1. The van der Waals surface area contributed by atoms with E-state index in [2.05, 4.69) is 23.5 Å². The molecule has 10 heteroatoms. The van der Waals surface area contributed by atoms with E-state index >= 15 is 0 Å². The van der Waals surface area contributed by atoms with Crippen molar-refractivity contribution in [2.75, 3.05) is 37.8 Å². The predicted molar refractivity (Wildman–Crippen MR) is 150 cm³/mol. The number of hydrogen-bond acceptors (Lipinski definition) is 9. The summed E-state index contributed by atoms with van der Waals surface area (Å²) < 4.78 is 30.5. The number of carbonyl (C=O) groups is 1. The Morgan fingerprint density at radius 2 is 1.62 bits per heavy atom. The topological polar surface area (TPSA) is 87.4 Å². The van der Waals surface area contributed by atoms with Crippen LogP contribution >= 0.6 is 23.5 Å². The number of amides is 1. The number of benzene rings is 1. The van der Waals surface area contributed by atoms with Crippen molar-refractivity contribution in [2.45, 2.75) is 74.4 Å². The van der Waals surface area contributed by atoms with Crippen LogP contribution in [0.25, 0.3) is 11.0 Å². The fraction of sp³-hybridized carbons (Fsp3) is 0.655. The third kappa shape index (κ3) is 4.96. The van der Waals surface area contributed by atoms with Crippen LogP contribution in [-0.4, -0.2) is 64.8 Å².